The topological polar surface area (TPSA) is 41.9 Å². The lowest BCUT2D eigenvalue weighted by Crippen LogP contribution is -1.99. The standard InChI is InChI=1S/C6H8N4S/c1-10-2-4-5(8-3-7-4)9-6(10)11/h2,7H,3H2,1H3,(H,8,9,11). The molecule has 0 fully saturated rings. The normalized spacial score (nSPS) is 13.5. The maximum absolute atomic E-state index is 4.98. The molecule has 1 aromatic rings. The average molecular weight is 168 g/mol. The van der Waals surface area contributed by atoms with Crippen LogP contribution in [0.4, 0.5) is 11.5 Å². The summed E-state index contributed by atoms with van der Waals surface area (Å²) in [6.07, 6.45) is 1.94. The van der Waals surface area contributed by atoms with Crippen molar-refractivity contribution in [1.82, 2.24) is 9.55 Å². The van der Waals surface area contributed by atoms with Crippen molar-refractivity contribution in [2.75, 3.05) is 17.3 Å². The SMILES string of the molecule is Cn1cc2c(nc1=S)NCN2. The minimum Gasteiger partial charge on any atom is -0.364 e. The molecule has 1 aliphatic rings. The minimum atomic E-state index is 0.597. The fraction of sp³-hybridized carbons (Fsp3) is 0.333. The highest BCUT2D eigenvalue weighted by atomic mass is 32.1. The molecule has 0 saturated heterocycles. The van der Waals surface area contributed by atoms with Crippen molar-refractivity contribution in [2.24, 2.45) is 7.05 Å². The van der Waals surface area contributed by atoms with Crippen molar-refractivity contribution < 1.29 is 0 Å². The number of hydrogen-bond acceptors (Lipinski definition) is 4. The Kier molecular flexibility index (Phi) is 1.32. The van der Waals surface area contributed by atoms with E-state index in [4.69, 9.17) is 12.2 Å². The number of aryl methyl sites for hydroxylation is 1. The maximum Gasteiger partial charge on any atom is 0.201 e. The Bertz CT molecular complexity index is 343. The summed E-state index contributed by atoms with van der Waals surface area (Å²) < 4.78 is 2.41. The highest BCUT2D eigenvalue weighted by Gasteiger charge is 2.09. The first-order valence-electron chi connectivity index (χ1n) is 3.33. The quantitative estimate of drug-likeness (QED) is 0.566. The number of rotatable bonds is 0. The van der Waals surface area contributed by atoms with Gasteiger partial charge in [-0.1, -0.05) is 0 Å². The molecule has 0 spiro atoms. The van der Waals surface area contributed by atoms with Crippen molar-refractivity contribution in [1.29, 1.82) is 0 Å². The Morgan fingerprint density at radius 2 is 2.45 bits per heavy atom. The molecule has 11 heavy (non-hydrogen) atoms. The van der Waals surface area contributed by atoms with Crippen LogP contribution in [0.1, 0.15) is 0 Å². The van der Waals surface area contributed by atoms with E-state index in [0.29, 0.717) is 4.77 Å². The summed E-state index contributed by atoms with van der Waals surface area (Å²) >= 11 is 4.98. The van der Waals surface area contributed by atoms with Crippen LogP contribution in [0.3, 0.4) is 0 Å². The second-order valence-electron chi connectivity index (χ2n) is 2.43. The van der Waals surface area contributed by atoms with Gasteiger partial charge in [-0.05, 0) is 12.2 Å². The van der Waals surface area contributed by atoms with Gasteiger partial charge in [0.15, 0.2) is 5.82 Å². The van der Waals surface area contributed by atoms with E-state index >= 15 is 0 Å². The van der Waals surface area contributed by atoms with E-state index < -0.39 is 0 Å². The minimum absolute atomic E-state index is 0.597. The van der Waals surface area contributed by atoms with Crippen LogP contribution in [0.2, 0.25) is 0 Å². The highest BCUT2D eigenvalue weighted by molar-refractivity contribution is 7.71. The second-order valence-corrected chi connectivity index (χ2v) is 2.79. The molecule has 2 heterocycles. The van der Waals surface area contributed by atoms with Gasteiger partial charge >= 0.3 is 0 Å². The number of fused-ring (bicyclic) bond motifs is 1. The monoisotopic (exact) mass is 168 g/mol. The van der Waals surface area contributed by atoms with E-state index in [1.54, 1.807) is 0 Å². The van der Waals surface area contributed by atoms with Crippen LogP contribution in [-0.2, 0) is 7.05 Å². The van der Waals surface area contributed by atoms with Gasteiger partial charge in [-0.25, -0.2) is 4.98 Å². The van der Waals surface area contributed by atoms with Crippen LogP contribution >= 0.6 is 12.2 Å². The number of aromatic nitrogens is 2. The molecule has 2 N–H and O–H groups in total. The molecule has 0 amide bonds. The molecule has 4 nitrogen and oxygen atoms in total. The molecule has 0 radical (unpaired) electrons. The molecule has 0 bridgehead atoms. The van der Waals surface area contributed by atoms with Gasteiger partial charge in [0.2, 0.25) is 4.77 Å². The zero-order chi connectivity index (χ0) is 7.84. The third kappa shape index (κ3) is 0.970. The van der Waals surface area contributed by atoms with Gasteiger partial charge in [0.1, 0.15) is 0 Å². The smallest absolute Gasteiger partial charge is 0.201 e. The Morgan fingerprint density at radius 1 is 1.64 bits per heavy atom. The van der Waals surface area contributed by atoms with Gasteiger partial charge in [-0.15, -0.1) is 0 Å². The molecule has 0 saturated carbocycles. The first-order valence-corrected chi connectivity index (χ1v) is 3.73. The third-order valence-corrected chi connectivity index (χ3v) is 2.00. The van der Waals surface area contributed by atoms with Gasteiger partial charge in [0, 0.05) is 13.2 Å². The van der Waals surface area contributed by atoms with Gasteiger partial charge in [-0.3, -0.25) is 0 Å². The van der Waals surface area contributed by atoms with E-state index in [1.807, 2.05) is 17.8 Å². The molecule has 0 unspecified atom stereocenters. The number of anilines is 2. The first kappa shape index (κ1) is 6.60. The summed E-state index contributed by atoms with van der Waals surface area (Å²) in [6, 6.07) is 0. The molecule has 1 aromatic heterocycles. The summed E-state index contributed by atoms with van der Waals surface area (Å²) in [7, 11) is 1.88. The van der Waals surface area contributed by atoms with Crippen LogP contribution in [0.15, 0.2) is 6.20 Å². The van der Waals surface area contributed by atoms with Crippen molar-refractivity contribution in [2.45, 2.75) is 0 Å². The van der Waals surface area contributed by atoms with E-state index in [1.165, 1.54) is 0 Å². The van der Waals surface area contributed by atoms with Crippen molar-refractivity contribution in [3.8, 4) is 0 Å². The lowest BCUT2D eigenvalue weighted by atomic mass is 10.5. The van der Waals surface area contributed by atoms with Crippen LogP contribution in [0.5, 0.6) is 0 Å². The Morgan fingerprint density at radius 3 is 3.27 bits per heavy atom. The predicted octanol–water partition coefficient (Wildman–Crippen LogP) is 0.944. The summed E-state index contributed by atoms with van der Waals surface area (Å²) in [6.45, 7) is 0.737. The summed E-state index contributed by atoms with van der Waals surface area (Å²) in [5.74, 6) is 0.855. The molecule has 0 atom stereocenters. The molecule has 58 valence electrons. The van der Waals surface area contributed by atoms with Gasteiger partial charge < -0.3 is 15.2 Å². The molecule has 1 aliphatic heterocycles. The average Bonchev–Trinajstić information content (AvgIpc) is 2.36. The Balaban J connectivity index is 2.66. The van der Waals surface area contributed by atoms with Crippen LogP contribution in [0.25, 0.3) is 0 Å². The third-order valence-electron chi connectivity index (χ3n) is 1.62. The number of nitrogens with zero attached hydrogens (tertiary/aromatic N) is 2. The maximum atomic E-state index is 4.98. The predicted molar refractivity (Wildman–Crippen MR) is 46.2 cm³/mol. The van der Waals surface area contributed by atoms with Crippen LogP contribution in [0, 0.1) is 4.77 Å². The lowest BCUT2D eigenvalue weighted by molar-refractivity contribution is 0.851. The van der Waals surface area contributed by atoms with Crippen molar-refractivity contribution >= 4 is 23.7 Å². The molecular formula is C6H8N4S. The van der Waals surface area contributed by atoms with Crippen LogP contribution < -0.4 is 10.6 Å². The number of hydrogen-bond donors (Lipinski definition) is 2. The molecule has 2 rings (SSSR count). The van der Waals surface area contributed by atoms with E-state index in [0.717, 1.165) is 18.2 Å². The summed E-state index contributed by atoms with van der Waals surface area (Å²) in [4.78, 5) is 4.16. The van der Waals surface area contributed by atoms with Crippen molar-refractivity contribution in [3.05, 3.63) is 11.0 Å². The van der Waals surface area contributed by atoms with E-state index in [2.05, 4.69) is 15.6 Å². The largest absolute Gasteiger partial charge is 0.364 e. The Labute approximate surface area is 69.3 Å². The van der Waals surface area contributed by atoms with Gasteiger partial charge in [0.25, 0.3) is 0 Å². The molecule has 5 heteroatoms. The fourth-order valence-electron chi connectivity index (χ4n) is 1.03. The summed E-state index contributed by atoms with van der Waals surface area (Å²) in [5.41, 5.74) is 1.01. The zero-order valence-electron chi connectivity index (χ0n) is 6.09. The van der Waals surface area contributed by atoms with Crippen molar-refractivity contribution in [3.63, 3.8) is 0 Å². The van der Waals surface area contributed by atoms with E-state index in [9.17, 15) is 0 Å². The zero-order valence-corrected chi connectivity index (χ0v) is 6.90. The highest BCUT2D eigenvalue weighted by Crippen LogP contribution is 2.21. The van der Waals surface area contributed by atoms with Crippen LogP contribution in [-0.4, -0.2) is 16.2 Å². The van der Waals surface area contributed by atoms with E-state index in [-0.39, 0.29) is 0 Å². The Hall–Kier alpha value is -1.10. The molecule has 0 aromatic carbocycles. The first-order chi connectivity index (χ1) is 5.27. The second kappa shape index (κ2) is 2.20. The number of nitrogens with one attached hydrogen (secondary N) is 2. The lowest BCUT2D eigenvalue weighted by Gasteiger charge is -2.00. The summed E-state index contributed by atoms with van der Waals surface area (Å²) in [5, 5.41) is 6.19. The van der Waals surface area contributed by atoms with Gasteiger partial charge in [0.05, 0.1) is 12.4 Å². The molecular weight excluding hydrogens is 160 g/mol. The molecule has 0 aliphatic carbocycles. The fourth-order valence-corrected chi connectivity index (χ4v) is 1.18. The van der Waals surface area contributed by atoms with Gasteiger partial charge in [-0.2, -0.15) is 0 Å².